The molecule has 0 heterocycles. The second-order valence-electron chi connectivity index (χ2n) is 3.40. The Morgan fingerprint density at radius 1 is 1.29 bits per heavy atom. The van der Waals surface area contributed by atoms with Crippen LogP contribution in [0.15, 0.2) is 36.5 Å². The summed E-state index contributed by atoms with van der Waals surface area (Å²) >= 11 is 0. The van der Waals surface area contributed by atoms with Crippen molar-refractivity contribution in [2.45, 2.75) is 6.92 Å². The highest BCUT2D eigenvalue weighted by Gasteiger charge is 2.12. The van der Waals surface area contributed by atoms with Gasteiger partial charge in [-0.2, -0.15) is 0 Å². The Labute approximate surface area is 99.5 Å². The molecule has 0 aliphatic heterocycles. The number of methoxy groups -OCH3 is 1. The number of anilines is 1. The van der Waals surface area contributed by atoms with Gasteiger partial charge in [0.15, 0.2) is 0 Å². The van der Waals surface area contributed by atoms with Crippen molar-refractivity contribution in [1.82, 2.24) is 5.32 Å². The van der Waals surface area contributed by atoms with Crippen molar-refractivity contribution in [2.75, 3.05) is 12.4 Å². The SMILES string of the molecule is C=C(C)NC(=O)Nc1ccccc1C(=O)OC. The lowest BCUT2D eigenvalue weighted by Gasteiger charge is -2.10. The lowest BCUT2D eigenvalue weighted by atomic mass is 10.2. The van der Waals surface area contributed by atoms with E-state index in [4.69, 9.17) is 0 Å². The van der Waals surface area contributed by atoms with Crippen LogP contribution in [0.3, 0.4) is 0 Å². The molecule has 0 aliphatic carbocycles. The number of nitrogens with one attached hydrogen (secondary N) is 2. The molecular formula is C12H14N2O3. The molecule has 0 saturated heterocycles. The number of carbonyl (C=O) groups excluding carboxylic acids is 2. The van der Waals surface area contributed by atoms with Gasteiger partial charge < -0.3 is 15.4 Å². The number of hydrogen-bond acceptors (Lipinski definition) is 3. The number of para-hydroxylation sites is 1. The monoisotopic (exact) mass is 234 g/mol. The largest absolute Gasteiger partial charge is 0.465 e. The van der Waals surface area contributed by atoms with E-state index in [0.29, 0.717) is 16.9 Å². The van der Waals surface area contributed by atoms with E-state index in [2.05, 4.69) is 21.9 Å². The van der Waals surface area contributed by atoms with E-state index in [-0.39, 0.29) is 0 Å². The van der Waals surface area contributed by atoms with Crippen molar-refractivity contribution in [3.8, 4) is 0 Å². The molecule has 1 aromatic carbocycles. The molecule has 90 valence electrons. The second kappa shape index (κ2) is 5.69. The third kappa shape index (κ3) is 3.64. The molecule has 1 aromatic rings. The van der Waals surface area contributed by atoms with E-state index in [1.165, 1.54) is 7.11 Å². The van der Waals surface area contributed by atoms with Gasteiger partial charge in [-0.1, -0.05) is 18.7 Å². The van der Waals surface area contributed by atoms with Crippen LogP contribution < -0.4 is 10.6 Å². The summed E-state index contributed by atoms with van der Waals surface area (Å²) in [5.41, 5.74) is 1.20. The maximum Gasteiger partial charge on any atom is 0.339 e. The summed E-state index contributed by atoms with van der Waals surface area (Å²) in [6.07, 6.45) is 0. The number of ether oxygens (including phenoxy) is 1. The van der Waals surface area contributed by atoms with Gasteiger partial charge >= 0.3 is 12.0 Å². The first-order valence-electron chi connectivity index (χ1n) is 4.95. The van der Waals surface area contributed by atoms with Gasteiger partial charge in [-0.25, -0.2) is 9.59 Å². The third-order valence-electron chi connectivity index (χ3n) is 1.91. The van der Waals surface area contributed by atoms with Crippen LogP contribution >= 0.6 is 0 Å². The number of amides is 2. The zero-order chi connectivity index (χ0) is 12.8. The van der Waals surface area contributed by atoms with E-state index in [1.807, 2.05) is 0 Å². The first-order valence-corrected chi connectivity index (χ1v) is 4.95. The van der Waals surface area contributed by atoms with E-state index >= 15 is 0 Å². The fourth-order valence-electron chi connectivity index (χ4n) is 1.23. The minimum Gasteiger partial charge on any atom is -0.465 e. The second-order valence-corrected chi connectivity index (χ2v) is 3.40. The predicted octanol–water partition coefficient (Wildman–Crippen LogP) is 2.13. The van der Waals surface area contributed by atoms with Gasteiger partial charge in [0.05, 0.1) is 18.4 Å². The fourth-order valence-corrected chi connectivity index (χ4v) is 1.23. The number of urea groups is 1. The van der Waals surface area contributed by atoms with Gasteiger partial charge in [0, 0.05) is 5.70 Å². The topological polar surface area (TPSA) is 67.4 Å². The maximum absolute atomic E-state index is 11.5. The maximum atomic E-state index is 11.5. The number of esters is 1. The summed E-state index contributed by atoms with van der Waals surface area (Å²) in [5.74, 6) is -0.503. The summed E-state index contributed by atoms with van der Waals surface area (Å²) in [7, 11) is 1.28. The number of allylic oxidation sites excluding steroid dienone is 1. The van der Waals surface area contributed by atoms with Crippen LogP contribution in [0, 0.1) is 0 Å². The molecule has 0 aliphatic rings. The van der Waals surface area contributed by atoms with Gasteiger partial charge in [-0.05, 0) is 19.1 Å². The molecule has 2 N–H and O–H groups in total. The van der Waals surface area contributed by atoms with Crippen LogP contribution in [-0.2, 0) is 4.74 Å². The molecule has 0 radical (unpaired) electrons. The van der Waals surface area contributed by atoms with E-state index in [0.717, 1.165) is 0 Å². The highest BCUT2D eigenvalue weighted by molar-refractivity contribution is 6.01. The Morgan fingerprint density at radius 2 is 1.94 bits per heavy atom. The van der Waals surface area contributed by atoms with Gasteiger partial charge in [-0.15, -0.1) is 0 Å². The average Bonchev–Trinajstić information content (AvgIpc) is 2.27. The van der Waals surface area contributed by atoms with Crippen LogP contribution in [-0.4, -0.2) is 19.1 Å². The highest BCUT2D eigenvalue weighted by atomic mass is 16.5. The Bertz CT molecular complexity index is 455. The number of rotatable bonds is 3. The summed E-state index contributed by atoms with van der Waals surface area (Å²) in [5, 5.41) is 5.02. The predicted molar refractivity (Wildman–Crippen MR) is 64.7 cm³/mol. The smallest absolute Gasteiger partial charge is 0.339 e. The van der Waals surface area contributed by atoms with Crippen LogP contribution in [0.5, 0.6) is 0 Å². The van der Waals surface area contributed by atoms with E-state index in [9.17, 15) is 9.59 Å². The zero-order valence-corrected chi connectivity index (χ0v) is 9.74. The first-order chi connectivity index (χ1) is 8.04. The Kier molecular flexibility index (Phi) is 4.28. The molecule has 0 spiro atoms. The minimum absolute atomic E-state index is 0.298. The Hall–Kier alpha value is -2.30. The van der Waals surface area contributed by atoms with Crippen LogP contribution in [0.25, 0.3) is 0 Å². The Balaban J connectivity index is 2.87. The van der Waals surface area contributed by atoms with Gasteiger partial charge in [0.1, 0.15) is 0 Å². The summed E-state index contributed by atoms with van der Waals surface area (Å²) in [6.45, 7) is 5.21. The number of benzene rings is 1. The zero-order valence-electron chi connectivity index (χ0n) is 9.74. The standard InChI is InChI=1S/C12H14N2O3/c1-8(2)13-12(16)14-10-7-5-4-6-9(10)11(15)17-3/h4-7H,1H2,2-3H3,(H2,13,14,16). The van der Waals surface area contributed by atoms with Crippen molar-refractivity contribution in [3.05, 3.63) is 42.1 Å². The third-order valence-corrected chi connectivity index (χ3v) is 1.91. The molecular weight excluding hydrogens is 220 g/mol. The quantitative estimate of drug-likeness (QED) is 0.787. The molecule has 1 rings (SSSR count). The molecule has 0 aromatic heterocycles. The van der Waals surface area contributed by atoms with Gasteiger partial charge in [-0.3, -0.25) is 0 Å². The van der Waals surface area contributed by atoms with Gasteiger partial charge in [0.2, 0.25) is 0 Å². The lowest BCUT2D eigenvalue weighted by molar-refractivity contribution is 0.0602. The molecule has 0 atom stereocenters. The van der Waals surface area contributed by atoms with E-state index in [1.54, 1.807) is 31.2 Å². The lowest BCUT2D eigenvalue weighted by Crippen LogP contribution is -2.27. The minimum atomic E-state index is -0.503. The summed E-state index contributed by atoms with van der Waals surface area (Å²) in [4.78, 5) is 22.9. The number of hydrogen-bond donors (Lipinski definition) is 2. The van der Waals surface area contributed by atoms with Crippen molar-refractivity contribution >= 4 is 17.7 Å². The fraction of sp³-hybridized carbons (Fsp3) is 0.167. The molecule has 2 amide bonds. The average molecular weight is 234 g/mol. The van der Waals surface area contributed by atoms with Crippen molar-refractivity contribution < 1.29 is 14.3 Å². The Morgan fingerprint density at radius 3 is 2.53 bits per heavy atom. The van der Waals surface area contributed by atoms with Crippen LogP contribution in [0.1, 0.15) is 17.3 Å². The summed E-state index contributed by atoms with van der Waals surface area (Å²) in [6, 6.07) is 6.14. The van der Waals surface area contributed by atoms with Crippen molar-refractivity contribution in [1.29, 1.82) is 0 Å². The highest BCUT2D eigenvalue weighted by Crippen LogP contribution is 2.15. The molecule has 5 nitrogen and oxygen atoms in total. The molecule has 17 heavy (non-hydrogen) atoms. The first kappa shape index (κ1) is 12.8. The van der Waals surface area contributed by atoms with Crippen LogP contribution in [0.4, 0.5) is 10.5 Å². The van der Waals surface area contributed by atoms with E-state index < -0.39 is 12.0 Å². The van der Waals surface area contributed by atoms with Gasteiger partial charge in [0.25, 0.3) is 0 Å². The molecule has 0 fully saturated rings. The summed E-state index contributed by atoms with van der Waals surface area (Å²) < 4.78 is 4.61. The normalized spacial score (nSPS) is 9.29. The van der Waals surface area contributed by atoms with Crippen LogP contribution in [0.2, 0.25) is 0 Å². The molecule has 0 bridgehead atoms. The number of carbonyl (C=O) groups is 2. The van der Waals surface area contributed by atoms with Crippen molar-refractivity contribution in [2.24, 2.45) is 0 Å². The van der Waals surface area contributed by atoms with Crippen molar-refractivity contribution in [3.63, 3.8) is 0 Å². The molecule has 0 unspecified atom stereocenters. The molecule has 5 heteroatoms. The molecule has 0 saturated carbocycles.